The van der Waals surface area contributed by atoms with Crippen molar-refractivity contribution < 1.29 is 14.7 Å². The Kier molecular flexibility index (Phi) is 7.50. The minimum atomic E-state index is -0.250. The van der Waals surface area contributed by atoms with Gasteiger partial charge in [-0.25, -0.2) is 4.98 Å². The van der Waals surface area contributed by atoms with E-state index in [2.05, 4.69) is 58.3 Å². The molecule has 1 amide bonds. The van der Waals surface area contributed by atoms with Gasteiger partial charge in [-0.2, -0.15) is 0 Å². The maximum atomic E-state index is 11.8. The molecule has 0 radical (unpaired) electrons. The lowest BCUT2D eigenvalue weighted by atomic mass is 10.1. The Hall–Kier alpha value is -4.79. The quantitative estimate of drug-likeness (QED) is 0.264. The molecule has 0 bridgehead atoms. The van der Waals surface area contributed by atoms with E-state index in [0.717, 1.165) is 61.4 Å². The number of fused-ring (bicyclic) bond motifs is 1. The molecule has 0 spiro atoms. The third kappa shape index (κ3) is 5.30. The molecule has 2 aromatic heterocycles. The zero-order chi connectivity index (χ0) is 25.5. The molecule has 184 valence electrons. The Balaban J connectivity index is 0.000000967. The van der Waals surface area contributed by atoms with Gasteiger partial charge in [-0.3, -0.25) is 9.59 Å². The Morgan fingerprint density at radius 1 is 1.14 bits per heavy atom. The van der Waals surface area contributed by atoms with E-state index in [1.807, 2.05) is 18.2 Å². The summed E-state index contributed by atoms with van der Waals surface area (Å²) < 4.78 is 0. The molecule has 3 N–H and O–H groups in total. The molecule has 1 atom stereocenters. The molecule has 2 saturated heterocycles. The van der Waals surface area contributed by atoms with Crippen molar-refractivity contribution in [1.82, 2.24) is 25.4 Å². The average Bonchev–Trinajstić information content (AvgIpc) is 3.32. The smallest absolute Gasteiger partial charge is 0.290 e. The van der Waals surface area contributed by atoms with Crippen LogP contribution in [0.4, 0.5) is 23.3 Å². The molecule has 3 aromatic rings. The lowest BCUT2D eigenvalue weighted by Gasteiger charge is -2.33. The number of nitrogens with one attached hydrogen (secondary N) is 2. The standard InChI is InChI=1S/C23H23N9O.CH2O2/c1-3-15-13-24-23(30-27-15)26-17-8-11-32(14-17)21-18-7-6-16(25-20(33)4-2)12-19(18)22(29-28-21)31-9-5-10-31;2-1-3/h1,4,6-7,12-13,17H,2,5,8-11,14H2,(H,25,33)(H,24,26,30);1H,(H,2,3)/t17-;/m1./s1. The molecule has 0 saturated carbocycles. The first-order valence-electron chi connectivity index (χ1n) is 11.3. The fraction of sp³-hybridized carbons (Fsp3) is 0.292. The molecule has 2 fully saturated rings. The van der Waals surface area contributed by atoms with Crippen molar-refractivity contribution in [2.24, 2.45) is 0 Å². The molecule has 0 unspecified atom stereocenters. The minimum Gasteiger partial charge on any atom is -0.483 e. The van der Waals surface area contributed by atoms with Crippen LogP contribution >= 0.6 is 0 Å². The molecular formula is C24H25N9O3. The van der Waals surface area contributed by atoms with Gasteiger partial charge in [0.05, 0.1) is 6.20 Å². The highest BCUT2D eigenvalue weighted by atomic mass is 16.3. The number of amides is 1. The molecule has 1 aromatic carbocycles. The summed E-state index contributed by atoms with van der Waals surface area (Å²) in [6, 6.07) is 5.98. The number of carbonyl (C=O) groups excluding carboxylic acids is 1. The molecule has 4 heterocycles. The first-order chi connectivity index (χ1) is 17.6. The van der Waals surface area contributed by atoms with Crippen LogP contribution in [0.15, 0.2) is 37.1 Å². The second kappa shape index (κ2) is 11.1. The number of rotatable bonds is 6. The summed E-state index contributed by atoms with van der Waals surface area (Å²) in [5, 5.41) is 32.2. The highest BCUT2D eigenvalue weighted by Gasteiger charge is 2.28. The van der Waals surface area contributed by atoms with Crippen molar-refractivity contribution in [3.63, 3.8) is 0 Å². The second-order valence-electron chi connectivity index (χ2n) is 8.13. The van der Waals surface area contributed by atoms with Gasteiger partial charge in [-0.1, -0.05) is 6.58 Å². The topological polar surface area (TPSA) is 149 Å². The van der Waals surface area contributed by atoms with Gasteiger partial charge in [0.15, 0.2) is 17.3 Å². The molecule has 36 heavy (non-hydrogen) atoms. The largest absolute Gasteiger partial charge is 0.483 e. The Bertz CT molecular complexity index is 1300. The van der Waals surface area contributed by atoms with Crippen molar-refractivity contribution in [1.29, 1.82) is 0 Å². The normalized spacial score (nSPS) is 16.2. The summed E-state index contributed by atoms with van der Waals surface area (Å²) in [7, 11) is 0. The van der Waals surface area contributed by atoms with Crippen LogP contribution < -0.4 is 20.4 Å². The lowest BCUT2D eigenvalue weighted by Crippen LogP contribution is -2.38. The number of benzene rings is 1. The number of anilines is 4. The van der Waals surface area contributed by atoms with Gasteiger partial charge in [0.2, 0.25) is 11.9 Å². The van der Waals surface area contributed by atoms with E-state index in [1.54, 1.807) is 0 Å². The van der Waals surface area contributed by atoms with E-state index in [4.69, 9.17) is 16.3 Å². The van der Waals surface area contributed by atoms with Gasteiger partial charge < -0.3 is 25.5 Å². The third-order valence-electron chi connectivity index (χ3n) is 5.88. The van der Waals surface area contributed by atoms with E-state index in [-0.39, 0.29) is 18.4 Å². The summed E-state index contributed by atoms with van der Waals surface area (Å²) in [6.07, 6.45) is 10.1. The fourth-order valence-corrected chi connectivity index (χ4v) is 4.05. The number of carboxylic acid groups (broad SMARTS) is 1. The maximum Gasteiger partial charge on any atom is 0.290 e. The number of aromatic nitrogens is 5. The van der Waals surface area contributed by atoms with Crippen LogP contribution in [-0.4, -0.2) is 75.1 Å². The summed E-state index contributed by atoms with van der Waals surface area (Å²) in [5.74, 6) is 4.28. The van der Waals surface area contributed by atoms with Crippen LogP contribution in [0.1, 0.15) is 18.5 Å². The van der Waals surface area contributed by atoms with Crippen molar-refractivity contribution in [3.8, 4) is 12.3 Å². The van der Waals surface area contributed by atoms with E-state index >= 15 is 0 Å². The molecule has 12 heteroatoms. The van der Waals surface area contributed by atoms with E-state index < -0.39 is 0 Å². The van der Waals surface area contributed by atoms with E-state index in [0.29, 0.717) is 17.3 Å². The number of hydrogen-bond donors (Lipinski definition) is 3. The van der Waals surface area contributed by atoms with Gasteiger partial charge >= 0.3 is 0 Å². The predicted octanol–water partition coefficient (Wildman–Crippen LogP) is 1.52. The van der Waals surface area contributed by atoms with Crippen LogP contribution in [0.3, 0.4) is 0 Å². The zero-order valence-corrected chi connectivity index (χ0v) is 19.5. The van der Waals surface area contributed by atoms with E-state index in [1.165, 1.54) is 12.3 Å². The van der Waals surface area contributed by atoms with Crippen molar-refractivity contribution in [3.05, 3.63) is 42.7 Å². The average molecular weight is 488 g/mol. The lowest BCUT2D eigenvalue weighted by molar-refractivity contribution is -0.122. The first-order valence-corrected chi connectivity index (χ1v) is 11.3. The van der Waals surface area contributed by atoms with Gasteiger partial charge in [0.25, 0.3) is 6.47 Å². The summed E-state index contributed by atoms with van der Waals surface area (Å²) in [6.45, 7) is 6.72. The summed E-state index contributed by atoms with van der Waals surface area (Å²) in [4.78, 5) is 28.8. The zero-order valence-electron chi connectivity index (χ0n) is 19.5. The second-order valence-corrected chi connectivity index (χ2v) is 8.13. The minimum absolute atomic E-state index is 0.140. The van der Waals surface area contributed by atoms with Gasteiger partial charge in [-0.05, 0) is 43.0 Å². The number of nitrogens with zero attached hydrogens (tertiary/aromatic N) is 7. The Labute approximate surface area is 207 Å². The van der Waals surface area contributed by atoms with Gasteiger partial charge in [0.1, 0.15) is 0 Å². The number of hydrogen-bond acceptors (Lipinski definition) is 10. The predicted molar refractivity (Wildman–Crippen MR) is 136 cm³/mol. The molecule has 5 rings (SSSR count). The summed E-state index contributed by atoms with van der Waals surface area (Å²) >= 11 is 0. The van der Waals surface area contributed by atoms with E-state index in [9.17, 15) is 4.79 Å². The van der Waals surface area contributed by atoms with Crippen LogP contribution in [-0.2, 0) is 9.59 Å². The number of terminal acetylenes is 1. The van der Waals surface area contributed by atoms with Crippen molar-refractivity contribution in [2.45, 2.75) is 18.9 Å². The maximum absolute atomic E-state index is 11.8. The summed E-state index contributed by atoms with van der Waals surface area (Å²) in [5.41, 5.74) is 1.11. The van der Waals surface area contributed by atoms with Crippen LogP contribution in [0, 0.1) is 12.3 Å². The van der Waals surface area contributed by atoms with Crippen LogP contribution in [0.5, 0.6) is 0 Å². The molecular weight excluding hydrogens is 462 g/mol. The van der Waals surface area contributed by atoms with Crippen LogP contribution in [0.25, 0.3) is 10.8 Å². The fourth-order valence-electron chi connectivity index (χ4n) is 4.05. The monoisotopic (exact) mass is 487 g/mol. The Morgan fingerprint density at radius 3 is 2.50 bits per heavy atom. The van der Waals surface area contributed by atoms with Gasteiger partial charge in [-0.15, -0.1) is 26.8 Å². The van der Waals surface area contributed by atoms with Gasteiger partial charge in [0, 0.05) is 48.7 Å². The van der Waals surface area contributed by atoms with Crippen molar-refractivity contribution in [2.75, 3.05) is 46.6 Å². The van der Waals surface area contributed by atoms with Crippen molar-refractivity contribution >= 4 is 46.4 Å². The molecule has 2 aliphatic heterocycles. The highest BCUT2D eigenvalue weighted by molar-refractivity contribution is 6.04. The third-order valence-corrected chi connectivity index (χ3v) is 5.88. The molecule has 2 aliphatic rings. The highest BCUT2D eigenvalue weighted by Crippen LogP contribution is 2.35. The van der Waals surface area contributed by atoms with Crippen LogP contribution in [0.2, 0.25) is 0 Å². The molecule has 12 nitrogen and oxygen atoms in total. The number of carbonyl (C=O) groups is 2. The SMILES string of the molecule is C#Cc1cnc(N[C@@H]2CCN(c3nnc(N4CCC4)c4cc(NC(=O)C=C)ccc34)C2)nn1.O=CO. The first kappa shape index (κ1) is 24.3. The Morgan fingerprint density at radius 2 is 1.89 bits per heavy atom. The molecule has 0 aliphatic carbocycles.